The Morgan fingerprint density at radius 3 is 1.29 bits per heavy atom. The van der Waals surface area contributed by atoms with Gasteiger partial charge in [-0.1, -0.05) is 35.4 Å². The van der Waals surface area contributed by atoms with Crippen molar-refractivity contribution >= 4 is 20.0 Å². The number of nitrogens with two attached hydrogens (primary N) is 2. The summed E-state index contributed by atoms with van der Waals surface area (Å²) in [4.78, 5) is 0.192. The van der Waals surface area contributed by atoms with Gasteiger partial charge in [0, 0.05) is 0 Å². The number of rotatable bonds is 11. The van der Waals surface area contributed by atoms with Crippen LogP contribution < -0.4 is 10.3 Å². The molecule has 0 saturated carbocycles. The number of hydrogen-bond acceptors (Lipinski definition) is 6. The minimum absolute atomic E-state index is 0.0961. The SMILES string of the molecule is Cc1ccc(S(N)(=O)=O)c(CCOC(C)(C)C(C)(C)OCCc2cc(C)ccc2S(N)(=O)=O)c1. The first kappa shape index (κ1) is 28.4. The summed E-state index contributed by atoms with van der Waals surface area (Å²) < 4.78 is 59.8. The van der Waals surface area contributed by atoms with Gasteiger partial charge in [-0.15, -0.1) is 0 Å². The van der Waals surface area contributed by atoms with Crippen LogP contribution in [0.2, 0.25) is 0 Å². The maximum absolute atomic E-state index is 11.9. The quantitative estimate of drug-likeness (QED) is 0.474. The van der Waals surface area contributed by atoms with E-state index in [9.17, 15) is 16.8 Å². The van der Waals surface area contributed by atoms with E-state index in [4.69, 9.17) is 19.8 Å². The molecule has 0 atom stereocenters. The predicted octanol–water partition coefficient (Wildman–Crippen LogP) is 2.97. The van der Waals surface area contributed by atoms with Gasteiger partial charge in [-0.3, -0.25) is 0 Å². The highest BCUT2D eigenvalue weighted by Gasteiger charge is 2.39. The molecule has 0 aliphatic rings. The first-order valence-corrected chi connectivity index (χ1v) is 14.1. The van der Waals surface area contributed by atoms with Gasteiger partial charge in [-0.2, -0.15) is 0 Å². The second kappa shape index (κ2) is 10.4. The second-order valence-electron chi connectivity index (χ2n) is 9.53. The van der Waals surface area contributed by atoms with Crippen LogP contribution >= 0.6 is 0 Å². The van der Waals surface area contributed by atoms with Crippen LogP contribution in [-0.4, -0.2) is 41.3 Å². The minimum atomic E-state index is -3.83. The molecule has 0 unspecified atom stereocenters. The fraction of sp³-hybridized carbons (Fsp3) is 0.500. The van der Waals surface area contributed by atoms with Crippen molar-refractivity contribution < 1.29 is 26.3 Å². The molecular formula is C24H36N2O6S2. The third-order valence-electron chi connectivity index (χ3n) is 6.16. The van der Waals surface area contributed by atoms with Crippen molar-refractivity contribution in [2.75, 3.05) is 13.2 Å². The molecule has 0 spiro atoms. The van der Waals surface area contributed by atoms with Gasteiger partial charge < -0.3 is 9.47 Å². The molecule has 0 bridgehead atoms. The zero-order valence-electron chi connectivity index (χ0n) is 20.7. The van der Waals surface area contributed by atoms with E-state index >= 15 is 0 Å². The highest BCUT2D eigenvalue weighted by Crippen LogP contribution is 2.30. The Balaban J connectivity index is 2.05. The standard InChI is InChI=1S/C24H36N2O6S2/c1-17-7-9-21(33(25,27)28)19(15-17)11-13-31-23(3,4)24(5,6)32-14-12-20-16-18(2)8-10-22(20)34(26,29)30/h7-10,15-16H,11-14H2,1-6H3,(H2,25,27,28)(H2,26,29,30). The van der Waals surface area contributed by atoms with E-state index in [0.717, 1.165) is 11.1 Å². The fourth-order valence-electron chi connectivity index (χ4n) is 3.54. The molecule has 0 aliphatic heterocycles. The topological polar surface area (TPSA) is 139 Å². The summed E-state index contributed by atoms with van der Waals surface area (Å²) in [5.41, 5.74) is 1.61. The molecule has 2 aromatic rings. The summed E-state index contributed by atoms with van der Waals surface area (Å²) >= 11 is 0. The number of ether oxygens (including phenoxy) is 2. The van der Waals surface area contributed by atoms with Gasteiger partial charge in [-0.05, 0) is 77.6 Å². The van der Waals surface area contributed by atoms with E-state index in [0.29, 0.717) is 24.0 Å². The Morgan fingerprint density at radius 1 is 0.676 bits per heavy atom. The third-order valence-corrected chi connectivity index (χ3v) is 8.19. The molecule has 0 amide bonds. The van der Waals surface area contributed by atoms with Crippen molar-refractivity contribution in [3.63, 3.8) is 0 Å². The van der Waals surface area contributed by atoms with Crippen LogP contribution in [0.1, 0.15) is 49.9 Å². The van der Waals surface area contributed by atoms with Crippen molar-refractivity contribution in [1.29, 1.82) is 0 Å². The lowest BCUT2D eigenvalue weighted by molar-refractivity contribution is -0.175. The molecule has 10 heteroatoms. The molecule has 2 aromatic carbocycles. The van der Waals surface area contributed by atoms with E-state index in [1.165, 1.54) is 12.1 Å². The van der Waals surface area contributed by atoms with Crippen LogP contribution in [0.3, 0.4) is 0 Å². The Morgan fingerprint density at radius 2 is 1.00 bits per heavy atom. The largest absolute Gasteiger partial charge is 0.372 e. The summed E-state index contributed by atoms with van der Waals surface area (Å²) in [5, 5.41) is 10.7. The molecule has 190 valence electrons. The summed E-state index contributed by atoms with van der Waals surface area (Å²) in [6.45, 7) is 11.9. The average molecular weight is 513 g/mol. The van der Waals surface area contributed by atoms with Gasteiger partial charge in [0.2, 0.25) is 20.0 Å². The smallest absolute Gasteiger partial charge is 0.238 e. The van der Waals surface area contributed by atoms with E-state index in [2.05, 4.69) is 0 Å². The van der Waals surface area contributed by atoms with Gasteiger partial charge in [0.15, 0.2) is 0 Å². The highest BCUT2D eigenvalue weighted by atomic mass is 32.2. The Kier molecular flexibility index (Phi) is 8.72. The monoisotopic (exact) mass is 512 g/mol. The molecule has 0 fully saturated rings. The lowest BCUT2D eigenvalue weighted by atomic mass is 9.89. The molecule has 4 N–H and O–H groups in total. The zero-order valence-corrected chi connectivity index (χ0v) is 22.3. The molecule has 34 heavy (non-hydrogen) atoms. The predicted molar refractivity (Wildman–Crippen MR) is 133 cm³/mol. The number of primary sulfonamides is 2. The lowest BCUT2D eigenvalue weighted by Crippen LogP contribution is -2.50. The van der Waals surface area contributed by atoms with Crippen LogP contribution in [0.15, 0.2) is 46.2 Å². The molecule has 0 radical (unpaired) electrons. The van der Waals surface area contributed by atoms with Crippen LogP contribution in [0.5, 0.6) is 0 Å². The van der Waals surface area contributed by atoms with E-state index in [-0.39, 0.29) is 23.0 Å². The summed E-state index contributed by atoms with van der Waals surface area (Å²) in [5.74, 6) is 0. The van der Waals surface area contributed by atoms with Gasteiger partial charge in [0.05, 0.1) is 34.2 Å². The summed E-state index contributed by atoms with van der Waals surface area (Å²) in [7, 11) is -7.66. The summed E-state index contributed by atoms with van der Waals surface area (Å²) in [6.07, 6.45) is 0.738. The highest BCUT2D eigenvalue weighted by molar-refractivity contribution is 7.89. The van der Waals surface area contributed by atoms with Gasteiger partial charge in [0.25, 0.3) is 0 Å². The molecule has 0 aliphatic carbocycles. The number of benzene rings is 2. The molecule has 0 saturated heterocycles. The van der Waals surface area contributed by atoms with Crippen molar-refractivity contribution in [2.45, 2.75) is 75.4 Å². The minimum Gasteiger partial charge on any atom is -0.372 e. The van der Waals surface area contributed by atoms with E-state index < -0.39 is 31.2 Å². The average Bonchev–Trinajstić information content (AvgIpc) is 2.65. The van der Waals surface area contributed by atoms with Crippen molar-refractivity contribution in [1.82, 2.24) is 0 Å². The Bertz CT molecular complexity index is 1140. The van der Waals surface area contributed by atoms with E-state index in [1.54, 1.807) is 24.3 Å². The van der Waals surface area contributed by atoms with Gasteiger partial charge in [-0.25, -0.2) is 27.1 Å². The van der Waals surface area contributed by atoms with Crippen molar-refractivity contribution in [3.8, 4) is 0 Å². The first-order valence-electron chi connectivity index (χ1n) is 11.0. The Hall–Kier alpha value is -1.82. The second-order valence-corrected chi connectivity index (χ2v) is 12.6. The van der Waals surface area contributed by atoms with Crippen LogP contribution in [0.4, 0.5) is 0 Å². The first-order chi connectivity index (χ1) is 15.4. The number of hydrogen-bond donors (Lipinski definition) is 2. The van der Waals surface area contributed by atoms with E-state index in [1.807, 2.05) is 41.5 Å². The summed E-state index contributed by atoms with van der Waals surface area (Å²) in [6, 6.07) is 10.0. The maximum atomic E-state index is 11.9. The number of sulfonamides is 2. The Labute approximate surface area is 203 Å². The normalized spacial score (nSPS) is 13.3. The molecule has 8 nitrogen and oxygen atoms in total. The van der Waals surface area contributed by atoms with Crippen LogP contribution in [0, 0.1) is 13.8 Å². The van der Waals surface area contributed by atoms with Gasteiger partial charge >= 0.3 is 0 Å². The fourth-order valence-corrected chi connectivity index (χ4v) is 5.11. The molecule has 0 aromatic heterocycles. The van der Waals surface area contributed by atoms with Crippen LogP contribution in [0.25, 0.3) is 0 Å². The van der Waals surface area contributed by atoms with Crippen molar-refractivity contribution in [2.24, 2.45) is 10.3 Å². The van der Waals surface area contributed by atoms with Crippen LogP contribution in [-0.2, 0) is 42.4 Å². The number of aryl methyl sites for hydroxylation is 2. The van der Waals surface area contributed by atoms with Crippen molar-refractivity contribution in [3.05, 3.63) is 58.7 Å². The molecule has 2 rings (SSSR count). The van der Waals surface area contributed by atoms with Gasteiger partial charge in [0.1, 0.15) is 0 Å². The molecular weight excluding hydrogens is 476 g/mol. The maximum Gasteiger partial charge on any atom is 0.238 e. The zero-order chi connectivity index (χ0) is 25.9. The third kappa shape index (κ3) is 7.34. The molecule has 0 heterocycles. The lowest BCUT2D eigenvalue weighted by Gasteiger charge is -2.41.